The maximum Gasteiger partial charge on any atom is 0.0697 e. The summed E-state index contributed by atoms with van der Waals surface area (Å²) in [6, 6.07) is 6.18. The van der Waals surface area contributed by atoms with Crippen LogP contribution < -0.4 is 5.73 Å². The second-order valence-electron chi connectivity index (χ2n) is 3.37. The normalized spacial score (nSPS) is 10.5. The molecular formula is C11H14N4. The predicted molar refractivity (Wildman–Crippen MR) is 58.6 cm³/mol. The maximum absolute atomic E-state index is 5.61. The minimum absolute atomic E-state index is 0.574. The first-order chi connectivity index (χ1) is 7.35. The fraction of sp³-hybridized carbons (Fsp3) is 0.273. The average Bonchev–Trinajstić information content (AvgIpc) is 2.81. The fourth-order valence-electron chi connectivity index (χ4n) is 1.61. The van der Waals surface area contributed by atoms with Crippen LogP contribution in [0.1, 0.15) is 18.1 Å². The standard InChI is InChI=1S/C11H14N4/c1-2-10-7-9(8-12)3-4-11(10)15-6-5-13-14-15/h3-7H,2,8,12H2,1H3. The van der Waals surface area contributed by atoms with Gasteiger partial charge in [-0.05, 0) is 23.6 Å². The fourth-order valence-corrected chi connectivity index (χ4v) is 1.61. The average molecular weight is 202 g/mol. The molecule has 15 heavy (non-hydrogen) atoms. The van der Waals surface area contributed by atoms with E-state index in [9.17, 15) is 0 Å². The molecule has 78 valence electrons. The Labute approximate surface area is 88.7 Å². The third-order valence-corrected chi connectivity index (χ3v) is 2.43. The molecule has 1 aromatic heterocycles. The quantitative estimate of drug-likeness (QED) is 0.815. The van der Waals surface area contributed by atoms with Crippen LogP contribution >= 0.6 is 0 Å². The minimum Gasteiger partial charge on any atom is -0.326 e. The molecule has 0 radical (unpaired) electrons. The van der Waals surface area contributed by atoms with Gasteiger partial charge >= 0.3 is 0 Å². The molecule has 2 N–H and O–H groups in total. The van der Waals surface area contributed by atoms with Gasteiger partial charge in [0.15, 0.2) is 0 Å². The van der Waals surface area contributed by atoms with E-state index in [4.69, 9.17) is 5.73 Å². The van der Waals surface area contributed by atoms with Gasteiger partial charge in [-0.15, -0.1) is 5.10 Å². The predicted octanol–water partition coefficient (Wildman–Crippen LogP) is 1.29. The highest BCUT2D eigenvalue weighted by Crippen LogP contribution is 2.16. The molecule has 0 spiro atoms. The number of rotatable bonds is 3. The zero-order valence-corrected chi connectivity index (χ0v) is 8.72. The van der Waals surface area contributed by atoms with Crippen molar-refractivity contribution in [2.24, 2.45) is 5.73 Å². The lowest BCUT2D eigenvalue weighted by Gasteiger charge is -2.08. The van der Waals surface area contributed by atoms with Crippen LogP contribution in [0.4, 0.5) is 0 Å². The van der Waals surface area contributed by atoms with Crippen LogP contribution in [0.5, 0.6) is 0 Å². The van der Waals surface area contributed by atoms with E-state index in [0.29, 0.717) is 6.54 Å². The second-order valence-corrected chi connectivity index (χ2v) is 3.37. The van der Waals surface area contributed by atoms with E-state index < -0.39 is 0 Å². The zero-order chi connectivity index (χ0) is 10.7. The molecular weight excluding hydrogens is 188 g/mol. The van der Waals surface area contributed by atoms with Crippen LogP contribution in [0.15, 0.2) is 30.6 Å². The molecule has 1 heterocycles. The summed E-state index contributed by atoms with van der Waals surface area (Å²) in [6.07, 6.45) is 4.48. The summed E-state index contributed by atoms with van der Waals surface area (Å²) in [5.74, 6) is 0. The SMILES string of the molecule is CCc1cc(CN)ccc1-n1ccnn1. The van der Waals surface area contributed by atoms with E-state index in [-0.39, 0.29) is 0 Å². The Morgan fingerprint density at radius 2 is 2.27 bits per heavy atom. The molecule has 0 aliphatic heterocycles. The van der Waals surface area contributed by atoms with Crippen molar-refractivity contribution in [1.29, 1.82) is 0 Å². The number of benzene rings is 1. The number of aryl methyl sites for hydroxylation is 1. The summed E-state index contributed by atoms with van der Waals surface area (Å²) in [5.41, 5.74) is 9.07. The van der Waals surface area contributed by atoms with Gasteiger partial charge in [0.25, 0.3) is 0 Å². The highest BCUT2D eigenvalue weighted by molar-refractivity contribution is 5.42. The first kappa shape index (κ1) is 9.86. The molecule has 2 rings (SSSR count). The van der Waals surface area contributed by atoms with Crippen molar-refractivity contribution in [2.45, 2.75) is 19.9 Å². The Morgan fingerprint density at radius 1 is 1.40 bits per heavy atom. The molecule has 0 unspecified atom stereocenters. The van der Waals surface area contributed by atoms with Crippen LogP contribution in [0, 0.1) is 0 Å². The third kappa shape index (κ3) is 1.89. The van der Waals surface area contributed by atoms with Gasteiger partial charge < -0.3 is 5.73 Å². The highest BCUT2D eigenvalue weighted by Gasteiger charge is 2.04. The van der Waals surface area contributed by atoms with Crippen LogP contribution in [-0.4, -0.2) is 15.0 Å². The molecule has 1 aromatic carbocycles. The number of hydrogen-bond acceptors (Lipinski definition) is 3. The van der Waals surface area contributed by atoms with Gasteiger partial charge in [-0.3, -0.25) is 0 Å². The molecule has 0 saturated heterocycles. The second kappa shape index (κ2) is 4.23. The van der Waals surface area contributed by atoms with E-state index in [1.165, 1.54) is 5.56 Å². The lowest BCUT2D eigenvalue weighted by Crippen LogP contribution is -2.03. The van der Waals surface area contributed by atoms with Crippen LogP contribution in [-0.2, 0) is 13.0 Å². The number of nitrogens with zero attached hydrogens (tertiary/aromatic N) is 3. The van der Waals surface area contributed by atoms with Crippen molar-refractivity contribution in [3.8, 4) is 5.69 Å². The molecule has 0 atom stereocenters. The number of nitrogens with two attached hydrogens (primary N) is 1. The smallest absolute Gasteiger partial charge is 0.0697 e. The summed E-state index contributed by atoms with van der Waals surface area (Å²) >= 11 is 0. The van der Waals surface area contributed by atoms with E-state index in [1.54, 1.807) is 10.9 Å². The molecule has 0 aliphatic rings. The van der Waals surface area contributed by atoms with Gasteiger partial charge in [-0.2, -0.15) is 0 Å². The van der Waals surface area contributed by atoms with Crippen molar-refractivity contribution in [3.05, 3.63) is 41.7 Å². The van der Waals surface area contributed by atoms with Crippen molar-refractivity contribution >= 4 is 0 Å². The zero-order valence-electron chi connectivity index (χ0n) is 8.72. The lowest BCUT2D eigenvalue weighted by molar-refractivity contribution is 0.792. The Kier molecular flexibility index (Phi) is 2.78. The summed E-state index contributed by atoms with van der Waals surface area (Å²) in [7, 11) is 0. The molecule has 0 fully saturated rings. The van der Waals surface area contributed by atoms with Gasteiger partial charge in [-0.25, -0.2) is 4.68 Å². The van der Waals surface area contributed by atoms with Crippen molar-refractivity contribution in [1.82, 2.24) is 15.0 Å². The Hall–Kier alpha value is -1.68. The Balaban J connectivity index is 2.48. The highest BCUT2D eigenvalue weighted by atomic mass is 15.4. The van der Waals surface area contributed by atoms with E-state index in [2.05, 4.69) is 23.3 Å². The molecule has 0 amide bonds. The summed E-state index contributed by atoms with van der Waals surface area (Å²) in [6.45, 7) is 2.70. The Morgan fingerprint density at radius 3 is 2.87 bits per heavy atom. The minimum atomic E-state index is 0.574. The van der Waals surface area contributed by atoms with Gasteiger partial charge in [0.05, 0.1) is 18.1 Å². The van der Waals surface area contributed by atoms with Gasteiger partial charge in [-0.1, -0.05) is 24.3 Å². The third-order valence-electron chi connectivity index (χ3n) is 2.43. The topological polar surface area (TPSA) is 56.7 Å². The molecule has 0 bridgehead atoms. The maximum atomic E-state index is 5.61. The molecule has 0 saturated carbocycles. The monoisotopic (exact) mass is 202 g/mol. The first-order valence-electron chi connectivity index (χ1n) is 5.03. The number of hydrogen-bond donors (Lipinski definition) is 1. The molecule has 4 nitrogen and oxygen atoms in total. The molecule has 0 aliphatic carbocycles. The van der Waals surface area contributed by atoms with Gasteiger partial charge in [0, 0.05) is 6.54 Å². The number of aromatic nitrogens is 3. The van der Waals surface area contributed by atoms with E-state index in [1.807, 2.05) is 18.3 Å². The largest absolute Gasteiger partial charge is 0.326 e. The van der Waals surface area contributed by atoms with Crippen LogP contribution in [0.25, 0.3) is 5.69 Å². The summed E-state index contributed by atoms with van der Waals surface area (Å²) in [4.78, 5) is 0. The Bertz CT molecular complexity index is 434. The van der Waals surface area contributed by atoms with Crippen molar-refractivity contribution < 1.29 is 0 Å². The van der Waals surface area contributed by atoms with Crippen LogP contribution in [0.3, 0.4) is 0 Å². The van der Waals surface area contributed by atoms with Crippen molar-refractivity contribution in [2.75, 3.05) is 0 Å². The van der Waals surface area contributed by atoms with Crippen molar-refractivity contribution in [3.63, 3.8) is 0 Å². The van der Waals surface area contributed by atoms with E-state index >= 15 is 0 Å². The van der Waals surface area contributed by atoms with Crippen LogP contribution in [0.2, 0.25) is 0 Å². The van der Waals surface area contributed by atoms with E-state index in [0.717, 1.165) is 17.7 Å². The summed E-state index contributed by atoms with van der Waals surface area (Å²) < 4.78 is 1.78. The van der Waals surface area contributed by atoms with Gasteiger partial charge in [0.1, 0.15) is 0 Å². The molecule has 4 heteroatoms. The summed E-state index contributed by atoms with van der Waals surface area (Å²) in [5, 5.41) is 7.79. The lowest BCUT2D eigenvalue weighted by atomic mass is 10.1. The van der Waals surface area contributed by atoms with Gasteiger partial charge in [0.2, 0.25) is 0 Å². The first-order valence-corrected chi connectivity index (χ1v) is 5.03. The molecule has 2 aromatic rings.